The molecule has 0 aliphatic carbocycles. The molecule has 1 amide bonds. The number of benzene rings is 2. The van der Waals surface area contributed by atoms with Crippen molar-refractivity contribution >= 4 is 11.6 Å². The quantitative estimate of drug-likeness (QED) is 0.833. The second-order valence-corrected chi connectivity index (χ2v) is 4.48. The van der Waals surface area contributed by atoms with Crippen LogP contribution in [0.1, 0.15) is 21.5 Å². The highest BCUT2D eigenvalue weighted by atomic mass is 19.1. The minimum absolute atomic E-state index is 0.131. The number of para-hydroxylation sites is 1. The molecule has 2 rings (SSSR count). The zero-order chi connectivity index (χ0) is 15.2. The number of nitrogens with one attached hydrogen (secondary N) is 1. The topological polar surface area (TPSA) is 49.3 Å². The Morgan fingerprint density at radius 3 is 2.76 bits per heavy atom. The van der Waals surface area contributed by atoms with Crippen molar-refractivity contribution < 1.29 is 14.3 Å². The van der Waals surface area contributed by atoms with Gasteiger partial charge in [-0.25, -0.2) is 4.39 Å². The average molecular weight is 283 g/mol. The Balaban J connectivity index is 2.27. The maximum Gasteiger partial charge on any atom is 0.255 e. The lowest BCUT2D eigenvalue weighted by Crippen LogP contribution is -2.13. The summed E-state index contributed by atoms with van der Waals surface area (Å²) in [6.45, 7) is 1.59. The highest BCUT2D eigenvalue weighted by Gasteiger charge is 2.10. The van der Waals surface area contributed by atoms with Gasteiger partial charge < -0.3 is 10.4 Å². The van der Waals surface area contributed by atoms with Crippen molar-refractivity contribution in [3.8, 4) is 11.8 Å². The van der Waals surface area contributed by atoms with Crippen molar-refractivity contribution in [3.63, 3.8) is 0 Å². The molecule has 0 radical (unpaired) electrons. The molecule has 0 aliphatic rings. The third-order valence-corrected chi connectivity index (χ3v) is 2.77. The predicted molar refractivity (Wildman–Crippen MR) is 79.5 cm³/mol. The molecule has 0 aromatic heterocycles. The molecule has 0 aliphatic heterocycles. The van der Waals surface area contributed by atoms with Crippen molar-refractivity contribution in [2.45, 2.75) is 6.92 Å². The zero-order valence-corrected chi connectivity index (χ0v) is 11.5. The summed E-state index contributed by atoms with van der Waals surface area (Å²) in [5.74, 6) is 4.39. The molecule has 0 saturated heterocycles. The van der Waals surface area contributed by atoms with Gasteiger partial charge in [-0.15, -0.1) is 0 Å². The lowest BCUT2D eigenvalue weighted by molar-refractivity contribution is 0.102. The molecule has 0 unspecified atom stereocenters. The Morgan fingerprint density at radius 2 is 2.05 bits per heavy atom. The van der Waals surface area contributed by atoms with Gasteiger partial charge in [0.05, 0.1) is 5.69 Å². The standard InChI is InChI=1S/C17H14FNO2/c1-12-9-13(5-4-8-20)11-14(10-12)17(21)19-16-7-3-2-6-15(16)18/h2-3,6-7,9-11,20H,8H2,1H3,(H,19,21). The van der Waals surface area contributed by atoms with Crippen LogP contribution >= 0.6 is 0 Å². The SMILES string of the molecule is Cc1cc(C#CCO)cc(C(=O)Nc2ccccc2F)c1. The van der Waals surface area contributed by atoms with Crippen molar-refractivity contribution in [3.05, 3.63) is 65.0 Å². The summed E-state index contributed by atoms with van der Waals surface area (Å²) >= 11 is 0. The summed E-state index contributed by atoms with van der Waals surface area (Å²) in [7, 11) is 0. The van der Waals surface area contributed by atoms with Crippen LogP contribution in [0.15, 0.2) is 42.5 Å². The summed E-state index contributed by atoms with van der Waals surface area (Å²) < 4.78 is 13.5. The molecular formula is C17H14FNO2. The molecule has 0 bridgehead atoms. The fourth-order valence-corrected chi connectivity index (χ4v) is 1.89. The van der Waals surface area contributed by atoms with Crippen LogP contribution < -0.4 is 5.32 Å². The van der Waals surface area contributed by atoms with Crippen LogP contribution in [0.5, 0.6) is 0 Å². The normalized spacial score (nSPS) is 9.67. The smallest absolute Gasteiger partial charge is 0.255 e. The summed E-state index contributed by atoms with van der Waals surface area (Å²) in [6, 6.07) is 11.1. The number of anilines is 1. The second kappa shape index (κ2) is 6.69. The van der Waals surface area contributed by atoms with Crippen LogP contribution in [-0.4, -0.2) is 17.6 Å². The van der Waals surface area contributed by atoms with Crippen LogP contribution in [0, 0.1) is 24.6 Å². The molecule has 0 atom stereocenters. The van der Waals surface area contributed by atoms with Gasteiger partial charge in [0.2, 0.25) is 0 Å². The Kier molecular flexibility index (Phi) is 4.70. The molecule has 0 heterocycles. The molecule has 0 fully saturated rings. The maximum absolute atomic E-state index is 13.5. The van der Waals surface area contributed by atoms with Gasteiger partial charge in [-0.3, -0.25) is 4.79 Å². The summed E-state index contributed by atoms with van der Waals surface area (Å²) in [4.78, 5) is 12.2. The number of halogens is 1. The third kappa shape index (κ3) is 3.91. The summed E-state index contributed by atoms with van der Waals surface area (Å²) in [5, 5.41) is 11.2. The van der Waals surface area contributed by atoms with Crippen LogP contribution in [0.25, 0.3) is 0 Å². The third-order valence-electron chi connectivity index (χ3n) is 2.77. The van der Waals surface area contributed by atoms with Gasteiger partial charge in [0.25, 0.3) is 5.91 Å². The van der Waals surface area contributed by atoms with E-state index < -0.39 is 11.7 Å². The van der Waals surface area contributed by atoms with E-state index in [0.29, 0.717) is 11.1 Å². The number of aliphatic hydroxyl groups is 1. The minimum Gasteiger partial charge on any atom is -0.384 e. The van der Waals surface area contributed by atoms with E-state index in [1.807, 2.05) is 13.0 Å². The van der Waals surface area contributed by atoms with Gasteiger partial charge in [-0.1, -0.05) is 24.0 Å². The highest BCUT2D eigenvalue weighted by molar-refractivity contribution is 6.04. The first-order valence-electron chi connectivity index (χ1n) is 6.37. The first-order chi connectivity index (χ1) is 10.1. The number of aryl methyl sites for hydroxylation is 1. The molecule has 3 nitrogen and oxygen atoms in total. The monoisotopic (exact) mass is 283 g/mol. The zero-order valence-electron chi connectivity index (χ0n) is 11.5. The van der Waals surface area contributed by atoms with Gasteiger partial charge in [0.15, 0.2) is 0 Å². The lowest BCUT2D eigenvalue weighted by atomic mass is 10.1. The van der Waals surface area contributed by atoms with E-state index in [4.69, 9.17) is 5.11 Å². The van der Waals surface area contributed by atoms with Gasteiger partial charge in [0, 0.05) is 11.1 Å². The minimum atomic E-state index is -0.487. The number of rotatable bonds is 2. The number of amides is 1. The van der Waals surface area contributed by atoms with Gasteiger partial charge >= 0.3 is 0 Å². The van der Waals surface area contributed by atoms with E-state index in [1.54, 1.807) is 24.3 Å². The highest BCUT2D eigenvalue weighted by Crippen LogP contribution is 2.15. The van der Waals surface area contributed by atoms with Gasteiger partial charge in [-0.05, 0) is 42.8 Å². The van der Waals surface area contributed by atoms with Crippen LogP contribution in [0.3, 0.4) is 0 Å². The Hall–Kier alpha value is -2.64. The first kappa shape index (κ1) is 14.8. The fraction of sp³-hybridized carbons (Fsp3) is 0.118. The van der Waals surface area contributed by atoms with Crippen molar-refractivity contribution in [1.29, 1.82) is 0 Å². The molecule has 4 heteroatoms. The molecule has 0 saturated carbocycles. The van der Waals surface area contributed by atoms with Crippen molar-refractivity contribution in [1.82, 2.24) is 0 Å². The van der Waals surface area contributed by atoms with Gasteiger partial charge in [-0.2, -0.15) is 0 Å². The van der Waals surface area contributed by atoms with E-state index >= 15 is 0 Å². The molecule has 2 aromatic carbocycles. The number of aliphatic hydroxyl groups excluding tert-OH is 1. The van der Waals surface area contributed by atoms with Crippen LogP contribution in [0.4, 0.5) is 10.1 Å². The number of carbonyl (C=O) groups is 1. The molecule has 0 spiro atoms. The molecule has 21 heavy (non-hydrogen) atoms. The van der Waals surface area contributed by atoms with Gasteiger partial charge in [0.1, 0.15) is 12.4 Å². The summed E-state index contributed by atoms with van der Waals surface area (Å²) in [5.41, 5.74) is 2.01. The largest absolute Gasteiger partial charge is 0.384 e. The van der Waals surface area contributed by atoms with E-state index in [1.165, 1.54) is 12.1 Å². The number of hydrogen-bond acceptors (Lipinski definition) is 2. The maximum atomic E-state index is 13.5. The Bertz CT molecular complexity index is 729. The van der Waals surface area contributed by atoms with E-state index in [0.717, 1.165) is 5.56 Å². The molecule has 106 valence electrons. The Morgan fingerprint density at radius 1 is 1.29 bits per heavy atom. The van der Waals surface area contributed by atoms with E-state index in [-0.39, 0.29) is 12.3 Å². The summed E-state index contributed by atoms with van der Waals surface area (Å²) in [6.07, 6.45) is 0. The number of carbonyl (C=O) groups excluding carboxylic acids is 1. The number of hydrogen-bond donors (Lipinski definition) is 2. The first-order valence-corrected chi connectivity index (χ1v) is 6.37. The van der Waals surface area contributed by atoms with Crippen molar-refractivity contribution in [2.24, 2.45) is 0 Å². The molecular weight excluding hydrogens is 269 g/mol. The van der Waals surface area contributed by atoms with Crippen molar-refractivity contribution in [2.75, 3.05) is 11.9 Å². The van der Waals surface area contributed by atoms with Crippen LogP contribution in [0.2, 0.25) is 0 Å². The Labute approximate surface area is 122 Å². The van der Waals surface area contributed by atoms with Crippen LogP contribution in [-0.2, 0) is 0 Å². The second-order valence-electron chi connectivity index (χ2n) is 4.48. The van der Waals surface area contributed by atoms with E-state index in [9.17, 15) is 9.18 Å². The molecule has 2 N–H and O–H groups in total. The average Bonchev–Trinajstić information content (AvgIpc) is 2.47. The molecule has 2 aromatic rings. The fourth-order valence-electron chi connectivity index (χ4n) is 1.89. The lowest BCUT2D eigenvalue weighted by Gasteiger charge is -2.07. The predicted octanol–water partition coefficient (Wildman–Crippen LogP) is 2.73. The van der Waals surface area contributed by atoms with E-state index in [2.05, 4.69) is 17.2 Å².